The molecule has 16 nitrogen and oxygen atoms in total. The number of Topliss-reactive ketones (excluding diaryl/α,β-unsaturated/α-hetero) is 2. The minimum absolute atomic E-state index is 0. The van der Waals surface area contributed by atoms with Crippen molar-refractivity contribution in [1.82, 2.24) is 29.8 Å². The average Bonchev–Trinajstić information content (AvgIpc) is 0.903. The van der Waals surface area contributed by atoms with E-state index in [-0.39, 0.29) is 141 Å². The number of rotatable bonds is 6. The van der Waals surface area contributed by atoms with Gasteiger partial charge in [-0.3, -0.25) is 29.0 Å². The van der Waals surface area contributed by atoms with Crippen LogP contribution in [0.4, 0.5) is 0 Å². The molecule has 4 aromatic carbocycles. The van der Waals surface area contributed by atoms with Crippen molar-refractivity contribution < 1.29 is 115 Å². The van der Waals surface area contributed by atoms with E-state index in [0.717, 1.165) is 98.6 Å². The summed E-state index contributed by atoms with van der Waals surface area (Å²) < 4.78 is 0. The Morgan fingerprint density at radius 3 is 0.707 bits per heavy atom. The van der Waals surface area contributed by atoms with Crippen molar-refractivity contribution in [3.8, 4) is 0 Å². The van der Waals surface area contributed by atoms with Crippen LogP contribution in [-0.4, -0.2) is 259 Å². The SMILES string of the molecule is C.C.C.C.C.C.CC.CC.CC(=O)CO.CC(=O)CO.CC(=O)N1CC(N2CCN([C-]=O)CC2)C1.CC(=O)O.CO.CSC.CSC.CSC.O=[C-]N1CCN(C2CNC2)CC1.[B]B([B])[B].[Y].[Y].c1ccccc1.c1ccccc1.c1ccccc1.c1ccccc1. The van der Waals surface area contributed by atoms with Gasteiger partial charge in [0, 0.05) is 207 Å². The van der Waals surface area contributed by atoms with Gasteiger partial charge in [-0.05, 0) is 51.4 Å². The summed E-state index contributed by atoms with van der Waals surface area (Å²) in [6.45, 7) is 23.7. The number of carboxylic acids is 1. The van der Waals surface area contributed by atoms with Crippen molar-refractivity contribution >= 4 is 101 Å². The van der Waals surface area contributed by atoms with E-state index in [2.05, 4.69) is 38.3 Å². The van der Waals surface area contributed by atoms with Crippen LogP contribution in [0.5, 0.6) is 0 Å². The molecule has 0 spiro atoms. The molecular formula is C67H128B4N6O10S3Y2-2. The molecule has 92 heavy (non-hydrogen) atoms. The molecule has 0 saturated carbocycles. The van der Waals surface area contributed by atoms with Crippen LogP contribution in [0.3, 0.4) is 0 Å². The Kier molecular flexibility index (Phi) is 159. The Hall–Kier alpha value is -2.62. The van der Waals surface area contributed by atoms with Crippen LogP contribution >= 0.6 is 35.3 Å². The number of aliphatic hydroxyl groups is 3. The molecule has 0 aliphatic carbocycles. The second-order valence-corrected chi connectivity index (χ2v) is 18.7. The average molecular weight is 1500 g/mol. The van der Waals surface area contributed by atoms with Crippen molar-refractivity contribution in [2.24, 2.45) is 0 Å². The number of carboxylic acid groups (broad SMARTS) is 1. The van der Waals surface area contributed by atoms with Gasteiger partial charge >= 0.3 is 0 Å². The molecule has 5 N–H and O–H groups in total. The fourth-order valence-corrected chi connectivity index (χ4v) is 5.37. The molecular weight excluding hydrogens is 1370 g/mol. The molecule has 4 heterocycles. The second-order valence-electron chi connectivity index (χ2n) is 16.3. The molecule has 3 amide bonds. The molecule has 524 valence electrons. The summed E-state index contributed by atoms with van der Waals surface area (Å²) in [7, 11) is 15.0. The monoisotopic (exact) mass is 1490 g/mol. The van der Waals surface area contributed by atoms with E-state index < -0.39 is 12.4 Å². The van der Waals surface area contributed by atoms with Crippen LogP contribution in [0.2, 0.25) is 0 Å². The molecule has 0 aromatic heterocycles. The number of hydrogen-bond donors (Lipinski definition) is 5. The van der Waals surface area contributed by atoms with E-state index in [9.17, 15) is 24.0 Å². The molecule has 25 heteroatoms. The first-order valence-corrected chi connectivity index (χ1v) is 32.3. The predicted molar refractivity (Wildman–Crippen MR) is 408 cm³/mol. The number of ketones is 2. The van der Waals surface area contributed by atoms with Crippen LogP contribution in [0, 0.1) is 0 Å². The van der Waals surface area contributed by atoms with Crippen molar-refractivity contribution in [1.29, 1.82) is 0 Å². The van der Waals surface area contributed by atoms with E-state index in [0.29, 0.717) is 6.04 Å². The van der Waals surface area contributed by atoms with Crippen LogP contribution in [-0.2, 0) is 94.2 Å². The Bertz CT molecular complexity index is 1630. The number of benzene rings is 4. The molecule has 8 radical (unpaired) electrons. The molecule has 4 aliphatic rings. The number of piperazine rings is 2. The van der Waals surface area contributed by atoms with Crippen LogP contribution in [0.25, 0.3) is 0 Å². The van der Waals surface area contributed by atoms with Gasteiger partial charge in [0.05, 0.1) is 0 Å². The molecule has 0 atom stereocenters. The van der Waals surface area contributed by atoms with Gasteiger partial charge in [-0.1, -0.05) is 218 Å². The third-order valence-corrected chi connectivity index (χ3v) is 9.10. The molecule has 4 fully saturated rings. The van der Waals surface area contributed by atoms with Gasteiger partial charge in [0.25, 0.3) is 5.97 Å². The number of amides is 3. The molecule has 0 bridgehead atoms. The van der Waals surface area contributed by atoms with Crippen molar-refractivity contribution in [3.05, 3.63) is 146 Å². The number of carbonyl (C=O) groups excluding carboxylic acids is 5. The summed E-state index contributed by atoms with van der Waals surface area (Å²) in [6, 6.07) is 49.2. The van der Waals surface area contributed by atoms with Gasteiger partial charge in [-0.2, -0.15) is 48.1 Å². The normalized spacial score (nSPS) is 11.6. The summed E-state index contributed by atoms with van der Waals surface area (Å²) in [5.41, 5.74) is 0. The van der Waals surface area contributed by atoms with E-state index in [1.807, 2.05) is 229 Å². The Morgan fingerprint density at radius 2 is 0.598 bits per heavy atom. The minimum Gasteiger partial charge on any atom is -0.520 e. The fourth-order valence-electron chi connectivity index (χ4n) is 5.37. The summed E-state index contributed by atoms with van der Waals surface area (Å²) >= 11 is 5.25. The molecule has 4 aliphatic heterocycles. The zero-order chi connectivity index (χ0) is 66.0. The zero-order valence-electron chi connectivity index (χ0n) is 54.6. The van der Waals surface area contributed by atoms with Crippen LogP contribution in [0.15, 0.2) is 146 Å². The van der Waals surface area contributed by atoms with Crippen molar-refractivity contribution in [3.63, 3.8) is 0 Å². The first-order chi connectivity index (χ1) is 40.3. The molecule has 4 saturated heterocycles. The third-order valence-electron chi connectivity index (χ3n) is 9.10. The Labute approximate surface area is 633 Å². The summed E-state index contributed by atoms with van der Waals surface area (Å²) in [5.74, 6) is -1.05. The van der Waals surface area contributed by atoms with Crippen molar-refractivity contribution in [2.45, 2.75) is 112 Å². The second kappa shape index (κ2) is 113. The van der Waals surface area contributed by atoms with E-state index in [1.165, 1.54) is 13.8 Å². The van der Waals surface area contributed by atoms with Gasteiger partial charge in [0.15, 0.2) is 11.6 Å². The molecule has 8 rings (SSSR count). The van der Waals surface area contributed by atoms with Gasteiger partial charge in [0.2, 0.25) is 5.91 Å². The topological polar surface area (TPSA) is 212 Å². The minimum atomic E-state index is -0.833. The maximum atomic E-state index is 11.0. The Morgan fingerprint density at radius 1 is 0.446 bits per heavy atom. The Balaban J connectivity index is -0.0000000494. The van der Waals surface area contributed by atoms with Gasteiger partial charge in [0.1, 0.15) is 13.2 Å². The first kappa shape index (κ1) is 130. The van der Waals surface area contributed by atoms with Crippen LogP contribution < -0.4 is 5.32 Å². The van der Waals surface area contributed by atoms with E-state index >= 15 is 0 Å². The number of likely N-dealkylation sites (tertiary alicyclic amines) is 1. The predicted octanol–water partition coefficient (Wildman–Crippen LogP) is 10.4. The van der Waals surface area contributed by atoms with Crippen LogP contribution in [0.1, 0.15) is 99.9 Å². The van der Waals surface area contributed by atoms with E-state index in [1.54, 1.807) is 52.0 Å². The number of nitrogens with one attached hydrogen (secondary N) is 1. The molecule has 4 aromatic rings. The quantitative estimate of drug-likeness (QED) is 0.0898. The summed E-state index contributed by atoms with van der Waals surface area (Å²) in [4.78, 5) is 69.9. The van der Waals surface area contributed by atoms with Gasteiger partial charge < -0.3 is 50.0 Å². The van der Waals surface area contributed by atoms with Gasteiger partial charge in [-0.25, -0.2) is 0 Å². The maximum absolute atomic E-state index is 11.0. The number of hydrogen-bond acceptors (Lipinski definition) is 15. The zero-order valence-corrected chi connectivity index (χ0v) is 62.7. The number of thioether (sulfide) groups is 3. The smallest absolute Gasteiger partial charge is 0.300 e. The number of aliphatic hydroxyl groups excluding tert-OH is 3. The standard InChI is InChI=1S/C10H16N3O2.C8H14N3O.4C6H6.2C3H6O2.C2H4O2.3C2H6S.2C2H6.CH4O.6CH4.B4.2Y/c1-9(15)13-6-10(7-13)12-4-2-11(8-14)3-5-12;12-7-10-1-3-11(4-2-10)8-5-9-6-8;4*1-2-4-6-5-3-1;2*1-3(5)2-4;1-2(3)4;3*1-3-2;3*1-2;;;;;;;1-4(2)3;;/h10H,2-7H2,1H3;8-9H,1-6H2;4*1-6H;2*4H,2H2,1H3;1H3,(H,3,4);3*1-2H3;2*1-2H3;2H,1H3;6*1H4;;;/q2*-1;;;;;;;;;;;;;;;;;;;;;;. The number of aliphatic carboxylic acids is 1. The summed E-state index contributed by atoms with van der Waals surface area (Å²) in [5, 5.41) is 33.3. The first-order valence-electron chi connectivity index (χ1n) is 27.4. The van der Waals surface area contributed by atoms with Gasteiger partial charge in [-0.15, -0.1) is 0 Å². The number of carbonyl (C=O) groups is 4. The fraction of sp³-hybridized carbons (Fsp3) is 0.552. The molecule has 0 unspecified atom stereocenters. The summed E-state index contributed by atoms with van der Waals surface area (Å²) in [6.07, 6.45) is 15.4. The number of nitrogens with zero attached hydrogens (tertiary/aromatic N) is 5. The largest absolute Gasteiger partial charge is 0.520 e. The maximum Gasteiger partial charge on any atom is 0.300 e. The van der Waals surface area contributed by atoms with Crippen molar-refractivity contribution in [2.75, 3.05) is 136 Å². The van der Waals surface area contributed by atoms with E-state index in [4.69, 9.17) is 25.2 Å². The third kappa shape index (κ3) is 115.